The molecular formula is C15H23N3O3. The summed E-state index contributed by atoms with van der Waals surface area (Å²) in [6.07, 6.45) is 3.06. The lowest BCUT2D eigenvalue weighted by molar-refractivity contribution is -0.150. The van der Waals surface area contributed by atoms with Crippen LogP contribution < -0.4 is 5.32 Å². The lowest BCUT2D eigenvalue weighted by Gasteiger charge is -2.37. The van der Waals surface area contributed by atoms with Gasteiger partial charge in [-0.25, -0.2) is 4.98 Å². The maximum atomic E-state index is 12.5. The molecule has 2 heterocycles. The summed E-state index contributed by atoms with van der Waals surface area (Å²) in [6, 6.07) is -0.952. The van der Waals surface area contributed by atoms with E-state index in [2.05, 4.69) is 10.3 Å². The summed E-state index contributed by atoms with van der Waals surface area (Å²) >= 11 is 0. The molecule has 0 radical (unpaired) electrons. The number of amides is 2. The van der Waals surface area contributed by atoms with Gasteiger partial charge >= 0.3 is 0 Å². The predicted octanol–water partition coefficient (Wildman–Crippen LogP) is 1.50. The minimum atomic E-state index is -0.502. The first-order valence-electron chi connectivity index (χ1n) is 7.46. The highest BCUT2D eigenvalue weighted by atomic mass is 16.4. The Morgan fingerprint density at radius 3 is 2.71 bits per heavy atom. The zero-order valence-corrected chi connectivity index (χ0v) is 13.0. The highest BCUT2D eigenvalue weighted by Gasteiger charge is 2.38. The van der Waals surface area contributed by atoms with E-state index < -0.39 is 12.1 Å². The monoisotopic (exact) mass is 293 g/mol. The zero-order chi connectivity index (χ0) is 15.6. The number of nitrogens with one attached hydrogen (secondary N) is 1. The maximum Gasteiger partial charge on any atom is 0.246 e. The van der Waals surface area contributed by atoms with Gasteiger partial charge in [0.1, 0.15) is 17.8 Å². The van der Waals surface area contributed by atoms with Crippen molar-refractivity contribution in [1.29, 1.82) is 0 Å². The number of oxazole rings is 1. The first kappa shape index (κ1) is 15.5. The molecule has 1 aromatic heterocycles. The van der Waals surface area contributed by atoms with Gasteiger partial charge in [-0.15, -0.1) is 0 Å². The summed E-state index contributed by atoms with van der Waals surface area (Å²) in [7, 11) is 0. The smallest absolute Gasteiger partial charge is 0.246 e. The minimum Gasteiger partial charge on any atom is -0.444 e. The van der Waals surface area contributed by atoms with Crippen LogP contribution in [0.25, 0.3) is 0 Å². The number of carbonyl (C=O) groups is 2. The third kappa shape index (κ3) is 3.43. The molecule has 1 saturated heterocycles. The Morgan fingerprint density at radius 2 is 2.14 bits per heavy atom. The number of rotatable bonds is 5. The second kappa shape index (κ2) is 6.28. The lowest BCUT2D eigenvalue weighted by Crippen LogP contribution is -2.62. The summed E-state index contributed by atoms with van der Waals surface area (Å²) in [5.74, 6) is 1.41. The number of hydrogen-bond acceptors (Lipinski definition) is 4. The number of aromatic nitrogens is 1. The van der Waals surface area contributed by atoms with E-state index in [1.54, 1.807) is 18.0 Å². The van der Waals surface area contributed by atoms with Crippen LogP contribution in [0.15, 0.2) is 10.6 Å². The van der Waals surface area contributed by atoms with Gasteiger partial charge in [-0.05, 0) is 19.3 Å². The first-order valence-corrected chi connectivity index (χ1v) is 7.46. The Kier molecular flexibility index (Phi) is 4.65. The topological polar surface area (TPSA) is 75.4 Å². The number of piperazine rings is 1. The molecular weight excluding hydrogens is 270 g/mol. The van der Waals surface area contributed by atoms with Gasteiger partial charge < -0.3 is 14.6 Å². The second-order valence-electron chi connectivity index (χ2n) is 5.91. The van der Waals surface area contributed by atoms with Crippen LogP contribution >= 0.6 is 0 Å². The van der Waals surface area contributed by atoms with E-state index in [1.807, 2.05) is 20.8 Å². The van der Waals surface area contributed by atoms with E-state index >= 15 is 0 Å². The molecule has 2 unspecified atom stereocenters. The zero-order valence-electron chi connectivity index (χ0n) is 13.0. The Hall–Kier alpha value is -1.85. The molecule has 1 fully saturated rings. The first-order chi connectivity index (χ1) is 9.92. The highest BCUT2D eigenvalue weighted by molar-refractivity contribution is 5.96. The van der Waals surface area contributed by atoms with Gasteiger partial charge in [0.2, 0.25) is 17.7 Å². The van der Waals surface area contributed by atoms with Gasteiger partial charge in [0.25, 0.3) is 0 Å². The van der Waals surface area contributed by atoms with Gasteiger partial charge in [-0.1, -0.05) is 20.8 Å². The number of carbonyl (C=O) groups excluding carboxylic acids is 2. The van der Waals surface area contributed by atoms with Gasteiger partial charge in [0, 0.05) is 6.42 Å². The molecule has 1 aliphatic rings. The summed E-state index contributed by atoms with van der Waals surface area (Å²) in [4.78, 5) is 30.3. The number of hydrogen-bond donors (Lipinski definition) is 1. The van der Waals surface area contributed by atoms with Crippen molar-refractivity contribution in [1.82, 2.24) is 15.2 Å². The van der Waals surface area contributed by atoms with E-state index in [0.717, 1.165) is 12.2 Å². The molecule has 0 aliphatic carbocycles. The number of nitrogens with zero attached hydrogens (tertiary/aromatic N) is 2. The predicted molar refractivity (Wildman–Crippen MR) is 77.3 cm³/mol. The van der Waals surface area contributed by atoms with E-state index in [-0.39, 0.29) is 18.4 Å². The molecule has 21 heavy (non-hydrogen) atoms. The molecule has 6 heteroatoms. The maximum absolute atomic E-state index is 12.5. The van der Waals surface area contributed by atoms with Crippen molar-refractivity contribution in [3.63, 3.8) is 0 Å². The molecule has 1 aromatic rings. The normalized spacial score (nSPS) is 22.8. The van der Waals surface area contributed by atoms with Crippen LogP contribution in [0.5, 0.6) is 0 Å². The molecule has 0 bridgehead atoms. The van der Waals surface area contributed by atoms with E-state index in [9.17, 15) is 9.59 Å². The van der Waals surface area contributed by atoms with Crippen LogP contribution in [0.2, 0.25) is 0 Å². The molecule has 1 aliphatic heterocycles. The standard InChI is InChI=1S/C15H23N3O3/c1-5-11-7-16-13(21-11)8-18-10(4)14(19)17-12(15(18)20)6-9(2)3/h7,9-10,12H,5-6,8H2,1-4H3,(H,17,19). The van der Waals surface area contributed by atoms with Crippen LogP contribution in [-0.2, 0) is 22.6 Å². The fraction of sp³-hybridized carbons (Fsp3) is 0.667. The highest BCUT2D eigenvalue weighted by Crippen LogP contribution is 2.18. The Labute approximate surface area is 124 Å². The Bertz CT molecular complexity index is 524. The lowest BCUT2D eigenvalue weighted by atomic mass is 9.99. The second-order valence-corrected chi connectivity index (χ2v) is 5.91. The Balaban J connectivity index is 2.14. The van der Waals surface area contributed by atoms with Crippen LogP contribution in [0.4, 0.5) is 0 Å². The van der Waals surface area contributed by atoms with Gasteiger partial charge in [-0.2, -0.15) is 0 Å². The minimum absolute atomic E-state index is 0.0629. The fourth-order valence-corrected chi connectivity index (χ4v) is 2.46. The van der Waals surface area contributed by atoms with Gasteiger partial charge in [0.15, 0.2) is 0 Å². The molecule has 6 nitrogen and oxygen atoms in total. The van der Waals surface area contributed by atoms with E-state index in [0.29, 0.717) is 18.2 Å². The molecule has 2 amide bonds. The van der Waals surface area contributed by atoms with Crippen molar-refractivity contribution in [3.8, 4) is 0 Å². The van der Waals surface area contributed by atoms with Crippen molar-refractivity contribution in [2.24, 2.45) is 5.92 Å². The molecule has 2 atom stereocenters. The molecule has 0 spiro atoms. The van der Waals surface area contributed by atoms with Crippen molar-refractivity contribution in [3.05, 3.63) is 17.8 Å². The Morgan fingerprint density at radius 1 is 1.43 bits per heavy atom. The fourth-order valence-electron chi connectivity index (χ4n) is 2.46. The van der Waals surface area contributed by atoms with Crippen LogP contribution in [0.1, 0.15) is 45.8 Å². The van der Waals surface area contributed by atoms with Gasteiger partial charge in [-0.3, -0.25) is 9.59 Å². The van der Waals surface area contributed by atoms with Gasteiger partial charge in [0.05, 0.1) is 12.7 Å². The third-order valence-electron chi connectivity index (χ3n) is 3.71. The largest absolute Gasteiger partial charge is 0.444 e. The summed E-state index contributed by atoms with van der Waals surface area (Å²) in [6.45, 7) is 8.00. The van der Waals surface area contributed by atoms with E-state index in [1.165, 1.54) is 0 Å². The molecule has 0 aromatic carbocycles. The molecule has 1 N–H and O–H groups in total. The van der Waals surface area contributed by atoms with E-state index in [4.69, 9.17) is 4.42 Å². The van der Waals surface area contributed by atoms with Crippen molar-refractivity contribution in [2.45, 2.75) is 59.2 Å². The molecule has 0 saturated carbocycles. The summed E-state index contributed by atoms with van der Waals surface area (Å²) in [5, 5.41) is 2.80. The number of aryl methyl sites for hydroxylation is 1. The summed E-state index contributed by atoms with van der Waals surface area (Å²) < 4.78 is 5.55. The molecule has 2 rings (SSSR count). The average molecular weight is 293 g/mol. The quantitative estimate of drug-likeness (QED) is 0.892. The van der Waals surface area contributed by atoms with Crippen LogP contribution in [-0.4, -0.2) is 33.8 Å². The molecule has 116 valence electrons. The van der Waals surface area contributed by atoms with Crippen molar-refractivity contribution >= 4 is 11.8 Å². The van der Waals surface area contributed by atoms with Crippen LogP contribution in [0, 0.1) is 5.92 Å². The van der Waals surface area contributed by atoms with Crippen LogP contribution in [0.3, 0.4) is 0 Å². The SMILES string of the molecule is CCc1cnc(CN2C(=O)C(CC(C)C)NC(=O)C2C)o1. The van der Waals surface area contributed by atoms with Crippen molar-refractivity contribution < 1.29 is 14.0 Å². The van der Waals surface area contributed by atoms with Crippen molar-refractivity contribution in [2.75, 3.05) is 0 Å². The third-order valence-corrected chi connectivity index (χ3v) is 3.71. The average Bonchev–Trinajstić information content (AvgIpc) is 2.88. The summed E-state index contributed by atoms with van der Waals surface area (Å²) in [5.41, 5.74) is 0.